The lowest BCUT2D eigenvalue weighted by molar-refractivity contribution is -0.132. The lowest BCUT2D eigenvalue weighted by Crippen LogP contribution is -2.46. The van der Waals surface area contributed by atoms with Gasteiger partial charge >= 0.3 is 0 Å². The van der Waals surface area contributed by atoms with Crippen molar-refractivity contribution in [3.05, 3.63) is 0 Å². The number of nitrogens with zero attached hydrogens (tertiary/aromatic N) is 1. The number of carbonyl (C=O) groups is 1. The summed E-state index contributed by atoms with van der Waals surface area (Å²) in [5.41, 5.74) is 0. The summed E-state index contributed by atoms with van der Waals surface area (Å²) in [6.45, 7) is 9.00. The maximum absolute atomic E-state index is 12.4. The van der Waals surface area contributed by atoms with E-state index in [0.717, 1.165) is 39.0 Å². The first kappa shape index (κ1) is 13.8. The second kappa shape index (κ2) is 6.02. The number of hydrogen-bond acceptors (Lipinski definition) is 3. The van der Waals surface area contributed by atoms with Gasteiger partial charge in [-0.05, 0) is 32.1 Å². The zero-order valence-electron chi connectivity index (χ0n) is 11.8. The topological polar surface area (TPSA) is 41.6 Å². The molecule has 2 rings (SSSR count). The molecule has 0 aromatic rings. The van der Waals surface area contributed by atoms with Crippen molar-refractivity contribution < 1.29 is 9.53 Å². The largest absolute Gasteiger partial charge is 0.381 e. The molecule has 0 radical (unpaired) electrons. The SMILES string of the molecule is CC(C)NC1CCN(C(C)C2CCOCC2)C1=O. The number of rotatable bonds is 4. The first-order valence-electron chi connectivity index (χ1n) is 7.24. The molecule has 0 bridgehead atoms. The fraction of sp³-hybridized carbons (Fsp3) is 0.929. The fourth-order valence-electron chi connectivity index (χ4n) is 3.12. The second-order valence-corrected chi connectivity index (χ2v) is 5.88. The molecular weight excluding hydrogens is 228 g/mol. The molecule has 104 valence electrons. The van der Waals surface area contributed by atoms with Gasteiger partial charge in [-0.3, -0.25) is 4.79 Å². The summed E-state index contributed by atoms with van der Waals surface area (Å²) < 4.78 is 5.40. The van der Waals surface area contributed by atoms with Gasteiger partial charge in [0.25, 0.3) is 0 Å². The highest BCUT2D eigenvalue weighted by Crippen LogP contribution is 2.26. The third kappa shape index (κ3) is 3.04. The van der Waals surface area contributed by atoms with E-state index in [1.54, 1.807) is 0 Å². The van der Waals surface area contributed by atoms with Crippen LogP contribution in [-0.4, -0.2) is 48.7 Å². The van der Waals surface area contributed by atoms with Gasteiger partial charge in [-0.1, -0.05) is 13.8 Å². The minimum Gasteiger partial charge on any atom is -0.381 e. The van der Waals surface area contributed by atoms with Crippen LogP contribution >= 0.6 is 0 Å². The molecule has 2 saturated heterocycles. The molecule has 1 amide bonds. The minimum atomic E-state index is 0.0345. The van der Waals surface area contributed by atoms with Crippen molar-refractivity contribution in [1.82, 2.24) is 10.2 Å². The fourth-order valence-corrected chi connectivity index (χ4v) is 3.12. The van der Waals surface area contributed by atoms with Crippen molar-refractivity contribution in [2.75, 3.05) is 19.8 Å². The van der Waals surface area contributed by atoms with Crippen LogP contribution in [-0.2, 0) is 9.53 Å². The van der Waals surface area contributed by atoms with E-state index in [-0.39, 0.29) is 6.04 Å². The summed E-state index contributed by atoms with van der Waals surface area (Å²) >= 11 is 0. The van der Waals surface area contributed by atoms with Crippen molar-refractivity contribution in [2.24, 2.45) is 5.92 Å². The third-order valence-electron chi connectivity index (χ3n) is 4.21. The van der Waals surface area contributed by atoms with Crippen LogP contribution < -0.4 is 5.32 Å². The number of carbonyl (C=O) groups excluding carboxylic acids is 1. The van der Waals surface area contributed by atoms with E-state index in [1.165, 1.54) is 0 Å². The smallest absolute Gasteiger partial charge is 0.240 e. The first-order chi connectivity index (χ1) is 8.59. The van der Waals surface area contributed by atoms with Gasteiger partial charge in [-0.25, -0.2) is 0 Å². The molecule has 0 aliphatic carbocycles. The highest BCUT2D eigenvalue weighted by atomic mass is 16.5. The Bertz CT molecular complexity index is 288. The standard InChI is InChI=1S/C14H26N2O2/c1-10(2)15-13-4-7-16(14(13)17)11(3)12-5-8-18-9-6-12/h10-13,15H,4-9H2,1-3H3. The Labute approximate surface area is 110 Å². The molecule has 0 aromatic heterocycles. The Hall–Kier alpha value is -0.610. The van der Waals surface area contributed by atoms with E-state index in [0.29, 0.717) is 23.9 Å². The average molecular weight is 254 g/mol. The molecule has 2 heterocycles. The summed E-state index contributed by atoms with van der Waals surface area (Å²) in [6, 6.07) is 0.768. The molecule has 2 atom stereocenters. The summed E-state index contributed by atoms with van der Waals surface area (Å²) in [6.07, 6.45) is 3.13. The van der Waals surface area contributed by atoms with E-state index in [1.807, 2.05) is 0 Å². The molecule has 0 spiro atoms. The first-order valence-corrected chi connectivity index (χ1v) is 7.24. The van der Waals surface area contributed by atoms with E-state index < -0.39 is 0 Å². The zero-order chi connectivity index (χ0) is 13.1. The minimum absolute atomic E-state index is 0.0345. The Kier molecular flexibility index (Phi) is 4.62. The molecule has 18 heavy (non-hydrogen) atoms. The molecule has 2 unspecified atom stereocenters. The molecule has 2 aliphatic rings. The van der Waals surface area contributed by atoms with Gasteiger partial charge in [0.2, 0.25) is 5.91 Å². The lowest BCUT2D eigenvalue weighted by atomic mass is 9.92. The van der Waals surface area contributed by atoms with Gasteiger partial charge in [-0.2, -0.15) is 0 Å². The maximum atomic E-state index is 12.4. The van der Waals surface area contributed by atoms with Crippen molar-refractivity contribution in [3.63, 3.8) is 0 Å². The molecule has 2 aliphatic heterocycles. The van der Waals surface area contributed by atoms with Crippen LogP contribution in [0.2, 0.25) is 0 Å². The van der Waals surface area contributed by atoms with E-state index in [2.05, 4.69) is 31.0 Å². The molecule has 1 N–H and O–H groups in total. The lowest BCUT2D eigenvalue weighted by Gasteiger charge is -2.34. The van der Waals surface area contributed by atoms with Crippen LogP contribution in [0.5, 0.6) is 0 Å². The highest BCUT2D eigenvalue weighted by molar-refractivity contribution is 5.84. The Balaban J connectivity index is 1.91. The summed E-state index contributed by atoms with van der Waals surface area (Å²) in [4.78, 5) is 14.4. The van der Waals surface area contributed by atoms with Crippen LogP contribution in [0.3, 0.4) is 0 Å². The molecule has 0 saturated carbocycles. The van der Waals surface area contributed by atoms with Gasteiger partial charge in [0.15, 0.2) is 0 Å². The van der Waals surface area contributed by atoms with Crippen LogP contribution in [0.4, 0.5) is 0 Å². The second-order valence-electron chi connectivity index (χ2n) is 5.88. The number of nitrogens with one attached hydrogen (secondary N) is 1. The zero-order valence-corrected chi connectivity index (χ0v) is 11.8. The molecule has 4 heteroatoms. The monoisotopic (exact) mass is 254 g/mol. The average Bonchev–Trinajstić information content (AvgIpc) is 2.71. The Morgan fingerprint density at radius 3 is 2.50 bits per heavy atom. The van der Waals surface area contributed by atoms with Gasteiger partial charge in [0, 0.05) is 31.8 Å². The number of likely N-dealkylation sites (tertiary alicyclic amines) is 1. The van der Waals surface area contributed by atoms with Crippen LogP contribution in [0.25, 0.3) is 0 Å². The van der Waals surface area contributed by atoms with Crippen molar-refractivity contribution in [1.29, 1.82) is 0 Å². The predicted octanol–water partition coefficient (Wildman–Crippen LogP) is 1.40. The van der Waals surface area contributed by atoms with Gasteiger partial charge in [-0.15, -0.1) is 0 Å². The van der Waals surface area contributed by atoms with E-state index >= 15 is 0 Å². The van der Waals surface area contributed by atoms with Crippen molar-refractivity contribution >= 4 is 5.91 Å². The highest BCUT2D eigenvalue weighted by Gasteiger charge is 2.37. The Morgan fingerprint density at radius 2 is 1.89 bits per heavy atom. The molecule has 2 fully saturated rings. The summed E-state index contributed by atoms with van der Waals surface area (Å²) in [5.74, 6) is 0.906. The normalized spacial score (nSPS) is 28.1. The molecule has 4 nitrogen and oxygen atoms in total. The van der Waals surface area contributed by atoms with Crippen molar-refractivity contribution in [3.8, 4) is 0 Å². The van der Waals surface area contributed by atoms with Gasteiger partial charge in [0.1, 0.15) is 0 Å². The van der Waals surface area contributed by atoms with Gasteiger partial charge in [0.05, 0.1) is 6.04 Å². The number of amides is 1. The summed E-state index contributed by atoms with van der Waals surface area (Å²) in [7, 11) is 0. The van der Waals surface area contributed by atoms with Gasteiger partial charge < -0.3 is 15.0 Å². The quantitative estimate of drug-likeness (QED) is 0.824. The molecule has 0 aromatic carbocycles. The van der Waals surface area contributed by atoms with Crippen LogP contribution in [0.1, 0.15) is 40.0 Å². The van der Waals surface area contributed by atoms with E-state index in [9.17, 15) is 4.79 Å². The number of ether oxygens (including phenoxy) is 1. The maximum Gasteiger partial charge on any atom is 0.240 e. The third-order valence-corrected chi connectivity index (χ3v) is 4.21. The predicted molar refractivity (Wildman–Crippen MR) is 71.4 cm³/mol. The van der Waals surface area contributed by atoms with Crippen molar-refractivity contribution in [2.45, 2.75) is 58.2 Å². The molecular formula is C14H26N2O2. The number of hydrogen-bond donors (Lipinski definition) is 1. The van der Waals surface area contributed by atoms with Crippen LogP contribution in [0.15, 0.2) is 0 Å². The summed E-state index contributed by atoms with van der Waals surface area (Å²) in [5, 5.41) is 3.36. The van der Waals surface area contributed by atoms with Crippen LogP contribution in [0, 0.1) is 5.92 Å². The van der Waals surface area contributed by atoms with E-state index in [4.69, 9.17) is 4.74 Å². The Morgan fingerprint density at radius 1 is 1.22 bits per heavy atom.